The molecule has 8 heteroatoms. The number of oxazole rings is 1. The third kappa shape index (κ3) is 4.60. The second kappa shape index (κ2) is 8.01. The molecule has 1 amide bonds. The first-order valence-corrected chi connectivity index (χ1v) is 8.91. The smallest absolute Gasteiger partial charge is 0.251 e. The van der Waals surface area contributed by atoms with E-state index in [0.29, 0.717) is 22.4 Å². The van der Waals surface area contributed by atoms with Crippen LogP contribution in [0.25, 0.3) is 11.5 Å². The SMILES string of the molecule is Cc1cc(=O)[nH]c(S[C@H](C)C(=O)NCc2coc(-c3ccccc3)n2)n1. The number of thioether (sulfide) groups is 1. The fourth-order valence-electron chi connectivity index (χ4n) is 2.25. The molecule has 7 nitrogen and oxygen atoms in total. The molecule has 0 fully saturated rings. The van der Waals surface area contributed by atoms with Gasteiger partial charge in [-0.05, 0) is 26.0 Å². The first kappa shape index (κ1) is 17.9. The van der Waals surface area contributed by atoms with E-state index in [0.717, 1.165) is 5.56 Å². The van der Waals surface area contributed by atoms with Gasteiger partial charge in [-0.3, -0.25) is 9.59 Å². The molecule has 0 spiro atoms. The number of nitrogens with one attached hydrogen (secondary N) is 2. The van der Waals surface area contributed by atoms with E-state index >= 15 is 0 Å². The summed E-state index contributed by atoms with van der Waals surface area (Å²) in [6.07, 6.45) is 1.53. The van der Waals surface area contributed by atoms with Crippen molar-refractivity contribution < 1.29 is 9.21 Å². The fourth-order valence-corrected chi connectivity index (χ4v) is 3.13. The standard InChI is InChI=1S/C18H18N4O3S/c1-11-8-15(23)22-18(20-11)26-12(2)16(24)19-9-14-10-25-17(21-14)13-6-4-3-5-7-13/h3-8,10,12H,9H2,1-2H3,(H,19,24)(H,20,22,23)/t12-/m1/s1. The molecule has 0 aliphatic rings. The van der Waals surface area contributed by atoms with Gasteiger partial charge in [-0.15, -0.1) is 0 Å². The molecule has 0 aliphatic carbocycles. The fraction of sp³-hybridized carbons (Fsp3) is 0.222. The van der Waals surface area contributed by atoms with Gasteiger partial charge >= 0.3 is 0 Å². The Labute approximate surface area is 154 Å². The van der Waals surface area contributed by atoms with Crippen molar-refractivity contribution in [3.8, 4) is 11.5 Å². The van der Waals surface area contributed by atoms with Crippen molar-refractivity contribution in [2.24, 2.45) is 0 Å². The molecule has 0 bridgehead atoms. The molecule has 0 radical (unpaired) electrons. The van der Waals surface area contributed by atoms with Crippen molar-refractivity contribution in [3.05, 3.63) is 64.4 Å². The number of hydrogen-bond donors (Lipinski definition) is 2. The van der Waals surface area contributed by atoms with Gasteiger partial charge in [0.15, 0.2) is 5.16 Å². The summed E-state index contributed by atoms with van der Waals surface area (Å²) in [7, 11) is 0. The number of nitrogens with zero attached hydrogens (tertiary/aromatic N) is 2. The van der Waals surface area contributed by atoms with E-state index in [1.807, 2.05) is 30.3 Å². The lowest BCUT2D eigenvalue weighted by atomic mass is 10.2. The largest absolute Gasteiger partial charge is 0.444 e. The van der Waals surface area contributed by atoms with Crippen LogP contribution in [-0.4, -0.2) is 26.1 Å². The van der Waals surface area contributed by atoms with Crippen LogP contribution in [0.15, 0.2) is 57.0 Å². The summed E-state index contributed by atoms with van der Waals surface area (Å²) in [5, 5.41) is 2.82. The predicted molar refractivity (Wildman–Crippen MR) is 98.7 cm³/mol. The van der Waals surface area contributed by atoms with Crippen molar-refractivity contribution in [3.63, 3.8) is 0 Å². The average molecular weight is 370 g/mol. The van der Waals surface area contributed by atoms with Crippen LogP contribution in [0.1, 0.15) is 18.3 Å². The molecule has 2 N–H and O–H groups in total. The Hall–Kier alpha value is -2.87. The lowest BCUT2D eigenvalue weighted by Crippen LogP contribution is -2.30. The van der Waals surface area contributed by atoms with E-state index in [2.05, 4.69) is 20.3 Å². The summed E-state index contributed by atoms with van der Waals surface area (Å²) in [6, 6.07) is 10.9. The van der Waals surface area contributed by atoms with E-state index in [-0.39, 0.29) is 18.0 Å². The molecule has 2 heterocycles. The molecular formula is C18H18N4O3S. The second-order valence-electron chi connectivity index (χ2n) is 5.68. The Balaban J connectivity index is 1.56. The van der Waals surface area contributed by atoms with E-state index in [4.69, 9.17) is 4.42 Å². The molecule has 0 saturated carbocycles. The zero-order valence-electron chi connectivity index (χ0n) is 14.4. The van der Waals surface area contributed by atoms with Crippen molar-refractivity contribution in [1.29, 1.82) is 0 Å². The van der Waals surface area contributed by atoms with Gasteiger partial charge in [-0.25, -0.2) is 9.97 Å². The number of carbonyl (C=O) groups is 1. The van der Waals surface area contributed by atoms with E-state index < -0.39 is 5.25 Å². The summed E-state index contributed by atoms with van der Waals surface area (Å²) in [5.74, 6) is 0.335. The predicted octanol–water partition coefficient (Wildman–Crippen LogP) is 2.53. The minimum Gasteiger partial charge on any atom is -0.444 e. The summed E-state index contributed by atoms with van der Waals surface area (Å²) in [6.45, 7) is 3.75. The Morgan fingerprint density at radius 2 is 2.08 bits per heavy atom. The number of aromatic nitrogens is 3. The molecule has 0 saturated heterocycles. The lowest BCUT2D eigenvalue weighted by Gasteiger charge is -2.10. The van der Waals surface area contributed by atoms with E-state index in [1.165, 1.54) is 24.1 Å². The topological polar surface area (TPSA) is 101 Å². The van der Waals surface area contributed by atoms with Crippen LogP contribution in [0.5, 0.6) is 0 Å². The molecule has 0 aliphatic heterocycles. The Kier molecular flexibility index (Phi) is 5.52. The van der Waals surface area contributed by atoms with Gasteiger partial charge in [-0.2, -0.15) is 0 Å². The maximum absolute atomic E-state index is 12.3. The third-order valence-corrected chi connectivity index (χ3v) is 4.51. The summed E-state index contributed by atoms with van der Waals surface area (Å²) in [5.41, 5.74) is 1.89. The quantitative estimate of drug-likeness (QED) is 0.511. The molecule has 134 valence electrons. The minimum absolute atomic E-state index is 0.177. The summed E-state index contributed by atoms with van der Waals surface area (Å²) < 4.78 is 5.45. The number of rotatable bonds is 6. The second-order valence-corrected chi connectivity index (χ2v) is 7.01. The number of benzene rings is 1. The molecule has 2 aromatic heterocycles. The zero-order valence-corrected chi connectivity index (χ0v) is 15.2. The molecule has 26 heavy (non-hydrogen) atoms. The molecule has 1 atom stereocenters. The number of aromatic amines is 1. The average Bonchev–Trinajstić information content (AvgIpc) is 3.08. The highest BCUT2D eigenvalue weighted by molar-refractivity contribution is 8.00. The van der Waals surface area contributed by atoms with Gasteiger partial charge in [0.1, 0.15) is 6.26 Å². The Morgan fingerprint density at radius 1 is 1.31 bits per heavy atom. The van der Waals surface area contributed by atoms with Gasteiger partial charge in [0.05, 0.1) is 17.5 Å². The third-order valence-electron chi connectivity index (χ3n) is 3.52. The normalized spacial score (nSPS) is 11.9. The van der Waals surface area contributed by atoms with Gasteiger partial charge in [0, 0.05) is 17.3 Å². The van der Waals surface area contributed by atoms with Gasteiger partial charge in [0.25, 0.3) is 5.56 Å². The maximum atomic E-state index is 12.3. The highest BCUT2D eigenvalue weighted by Crippen LogP contribution is 2.19. The number of amides is 1. The van der Waals surface area contributed by atoms with Gasteiger partial charge in [0.2, 0.25) is 11.8 Å². The van der Waals surface area contributed by atoms with Crippen molar-refractivity contribution in [1.82, 2.24) is 20.3 Å². The van der Waals surface area contributed by atoms with E-state index in [9.17, 15) is 9.59 Å². The number of H-pyrrole nitrogens is 1. The summed E-state index contributed by atoms with van der Waals surface area (Å²) >= 11 is 1.19. The van der Waals surface area contributed by atoms with Crippen molar-refractivity contribution in [2.45, 2.75) is 30.8 Å². The Morgan fingerprint density at radius 3 is 2.81 bits per heavy atom. The van der Waals surface area contributed by atoms with Crippen LogP contribution in [0.4, 0.5) is 0 Å². The molecule has 0 unspecified atom stereocenters. The van der Waals surface area contributed by atoms with Gasteiger partial charge < -0.3 is 14.7 Å². The highest BCUT2D eigenvalue weighted by atomic mass is 32.2. The monoisotopic (exact) mass is 370 g/mol. The zero-order chi connectivity index (χ0) is 18.5. The van der Waals surface area contributed by atoms with Crippen molar-refractivity contribution >= 4 is 17.7 Å². The Bertz CT molecular complexity index is 952. The first-order valence-electron chi connectivity index (χ1n) is 8.03. The van der Waals surface area contributed by atoms with Crippen LogP contribution in [-0.2, 0) is 11.3 Å². The maximum Gasteiger partial charge on any atom is 0.251 e. The van der Waals surface area contributed by atoms with E-state index in [1.54, 1.807) is 13.8 Å². The first-order chi connectivity index (χ1) is 12.5. The summed E-state index contributed by atoms with van der Waals surface area (Å²) in [4.78, 5) is 34.9. The molecule has 1 aromatic carbocycles. The van der Waals surface area contributed by atoms with Gasteiger partial charge in [-0.1, -0.05) is 30.0 Å². The molecule has 3 aromatic rings. The molecule has 3 rings (SSSR count). The van der Waals surface area contributed by atoms with Crippen molar-refractivity contribution in [2.75, 3.05) is 0 Å². The molecular weight excluding hydrogens is 352 g/mol. The minimum atomic E-state index is -0.416. The number of aryl methyl sites for hydroxylation is 1. The number of hydrogen-bond acceptors (Lipinski definition) is 6. The van der Waals surface area contributed by atoms with Crippen LogP contribution in [0, 0.1) is 6.92 Å². The van der Waals surface area contributed by atoms with Crippen LogP contribution in [0.2, 0.25) is 0 Å². The number of carbonyl (C=O) groups excluding carboxylic acids is 1. The lowest BCUT2D eigenvalue weighted by molar-refractivity contribution is -0.120. The van der Waals surface area contributed by atoms with Crippen LogP contribution in [0.3, 0.4) is 0 Å². The van der Waals surface area contributed by atoms with Crippen LogP contribution < -0.4 is 10.9 Å². The van der Waals surface area contributed by atoms with Crippen LogP contribution >= 0.6 is 11.8 Å². The highest BCUT2D eigenvalue weighted by Gasteiger charge is 2.16.